The number of piperidine rings is 1. The van der Waals surface area contributed by atoms with Crippen LogP contribution in [0.3, 0.4) is 0 Å². The summed E-state index contributed by atoms with van der Waals surface area (Å²) in [7, 11) is 0. The van der Waals surface area contributed by atoms with Crippen molar-refractivity contribution in [3.05, 3.63) is 35.4 Å². The Hall–Kier alpha value is -0.900. The summed E-state index contributed by atoms with van der Waals surface area (Å²) in [6, 6.07) is 8.02. The molecule has 1 fully saturated rings. The molecule has 3 heteroatoms. The molecule has 1 heterocycles. The first-order chi connectivity index (χ1) is 8.15. The largest absolute Gasteiger partial charge is 0.393 e. The predicted molar refractivity (Wildman–Crippen MR) is 67.8 cm³/mol. The highest BCUT2D eigenvalue weighted by Gasteiger charge is 2.19. The van der Waals surface area contributed by atoms with Crippen molar-refractivity contribution in [2.45, 2.75) is 32.0 Å². The molecule has 94 valence electrons. The molecule has 2 rings (SSSR count). The van der Waals surface area contributed by atoms with Crippen LogP contribution in [0.2, 0.25) is 0 Å². The van der Waals surface area contributed by atoms with Gasteiger partial charge in [0.05, 0.1) is 12.2 Å². The summed E-state index contributed by atoms with van der Waals surface area (Å²) in [6.45, 7) is 4.46. The topological polar surface area (TPSA) is 43.7 Å². The average Bonchev–Trinajstić information content (AvgIpc) is 2.33. The molecule has 0 aromatic heterocycles. The summed E-state index contributed by atoms with van der Waals surface area (Å²) in [5, 5.41) is 19.5. The van der Waals surface area contributed by atoms with Crippen LogP contribution < -0.4 is 0 Å². The smallest absolute Gasteiger partial charge is 0.0916 e. The Morgan fingerprint density at radius 3 is 2.41 bits per heavy atom. The number of hydrogen-bond acceptors (Lipinski definition) is 3. The van der Waals surface area contributed by atoms with Crippen LogP contribution in [-0.2, 0) is 0 Å². The lowest BCUT2D eigenvalue weighted by Gasteiger charge is -2.31. The summed E-state index contributed by atoms with van der Waals surface area (Å²) in [5.74, 6) is 0. The van der Waals surface area contributed by atoms with Gasteiger partial charge < -0.3 is 15.1 Å². The van der Waals surface area contributed by atoms with Gasteiger partial charge in [0.25, 0.3) is 0 Å². The minimum atomic E-state index is -0.425. The Bertz CT molecular complexity index is 342. The molecule has 1 aliphatic heterocycles. The molecular weight excluding hydrogens is 214 g/mol. The quantitative estimate of drug-likeness (QED) is 0.834. The number of nitrogens with zero attached hydrogens (tertiary/aromatic N) is 1. The molecule has 3 nitrogen and oxygen atoms in total. The van der Waals surface area contributed by atoms with Crippen molar-refractivity contribution < 1.29 is 10.2 Å². The van der Waals surface area contributed by atoms with E-state index in [1.807, 2.05) is 31.2 Å². The lowest BCUT2D eigenvalue weighted by Crippen LogP contribution is -2.38. The zero-order chi connectivity index (χ0) is 12.3. The second-order valence-corrected chi connectivity index (χ2v) is 4.96. The fraction of sp³-hybridized carbons (Fsp3) is 0.571. The van der Waals surface area contributed by atoms with Crippen LogP contribution in [0.5, 0.6) is 0 Å². The zero-order valence-electron chi connectivity index (χ0n) is 10.3. The molecule has 0 aliphatic carbocycles. The van der Waals surface area contributed by atoms with Gasteiger partial charge in [0, 0.05) is 19.6 Å². The molecule has 1 atom stereocenters. The van der Waals surface area contributed by atoms with E-state index in [-0.39, 0.29) is 6.10 Å². The van der Waals surface area contributed by atoms with Crippen LogP contribution in [-0.4, -0.2) is 40.9 Å². The lowest BCUT2D eigenvalue weighted by molar-refractivity contribution is 0.0508. The van der Waals surface area contributed by atoms with Crippen LogP contribution in [0.15, 0.2) is 24.3 Å². The summed E-state index contributed by atoms with van der Waals surface area (Å²) in [5.41, 5.74) is 2.18. The minimum Gasteiger partial charge on any atom is -0.393 e. The van der Waals surface area contributed by atoms with E-state index in [9.17, 15) is 10.2 Å². The summed E-state index contributed by atoms with van der Waals surface area (Å²) >= 11 is 0. The molecule has 1 saturated heterocycles. The first-order valence-electron chi connectivity index (χ1n) is 6.30. The number of rotatable bonds is 3. The highest BCUT2D eigenvalue weighted by atomic mass is 16.3. The molecule has 0 bridgehead atoms. The maximum Gasteiger partial charge on any atom is 0.0916 e. The average molecular weight is 235 g/mol. The van der Waals surface area contributed by atoms with E-state index in [4.69, 9.17) is 0 Å². The Balaban J connectivity index is 1.88. The number of hydrogen-bond donors (Lipinski definition) is 2. The van der Waals surface area contributed by atoms with Crippen molar-refractivity contribution in [1.29, 1.82) is 0 Å². The summed E-state index contributed by atoms with van der Waals surface area (Å²) in [6.07, 6.45) is 1.06. The van der Waals surface area contributed by atoms with Crippen molar-refractivity contribution in [3.63, 3.8) is 0 Å². The summed E-state index contributed by atoms with van der Waals surface area (Å²) < 4.78 is 0. The van der Waals surface area contributed by atoms with Crippen LogP contribution in [0.4, 0.5) is 0 Å². The standard InChI is InChI=1S/C14H21NO2/c1-11-2-4-12(5-3-11)14(17)10-15-8-6-13(16)7-9-15/h2-5,13-14,16-17H,6-10H2,1H3. The maximum absolute atomic E-state index is 10.1. The number of aryl methyl sites for hydroxylation is 1. The molecular formula is C14H21NO2. The highest BCUT2D eigenvalue weighted by molar-refractivity contribution is 5.23. The molecule has 0 radical (unpaired) electrons. The van der Waals surface area contributed by atoms with E-state index < -0.39 is 6.10 Å². The van der Waals surface area contributed by atoms with Crippen molar-refractivity contribution in [2.24, 2.45) is 0 Å². The van der Waals surface area contributed by atoms with Gasteiger partial charge in [-0.1, -0.05) is 29.8 Å². The molecule has 1 aromatic rings. The van der Waals surface area contributed by atoms with E-state index >= 15 is 0 Å². The van der Waals surface area contributed by atoms with E-state index in [0.29, 0.717) is 6.54 Å². The third-order valence-electron chi connectivity index (χ3n) is 3.45. The molecule has 1 aliphatic rings. The minimum absolute atomic E-state index is 0.150. The molecule has 17 heavy (non-hydrogen) atoms. The van der Waals surface area contributed by atoms with E-state index in [1.165, 1.54) is 5.56 Å². The molecule has 2 N–H and O–H groups in total. The normalized spacial score (nSPS) is 20.4. The predicted octanol–water partition coefficient (Wildman–Crippen LogP) is 1.49. The maximum atomic E-state index is 10.1. The molecule has 0 amide bonds. The number of β-amino-alcohol motifs (C(OH)–C–C–N with tert-alkyl or cyclic N) is 1. The van der Waals surface area contributed by atoms with Crippen LogP contribution in [0.1, 0.15) is 30.1 Å². The first-order valence-corrected chi connectivity index (χ1v) is 6.30. The fourth-order valence-electron chi connectivity index (χ4n) is 2.24. The van der Waals surface area contributed by atoms with Crippen LogP contribution in [0.25, 0.3) is 0 Å². The zero-order valence-corrected chi connectivity index (χ0v) is 10.3. The van der Waals surface area contributed by atoms with E-state index in [0.717, 1.165) is 31.5 Å². The Kier molecular flexibility index (Phi) is 4.15. The third-order valence-corrected chi connectivity index (χ3v) is 3.45. The van der Waals surface area contributed by atoms with Crippen LogP contribution >= 0.6 is 0 Å². The van der Waals surface area contributed by atoms with Gasteiger partial charge in [-0.05, 0) is 25.3 Å². The number of benzene rings is 1. The highest BCUT2D eigenvalue weighted by Crippen LogP contribution is 2.18. The number of aliphatic hydroxyl groups is 2. The third kappa shape index (κ3) is 3.53. The van der Waals surface area contributed by atoms with Crippen molar-refractivity contribution >= 4 is 0 Å². The van der Waals surface area contributed by atoms with Gasteiger partial charge in [-0.3, -0.25) is 0 Å². The first kappa shape index (κ1) is 12.6. The van der Waals surface area contributed by atoms with Crippen molar-refractivity contribution in [3.8, 4) is 0 Å². The Morgan fingerprint density at radius 1 is 1.24 bits per heavy atom. The van der Waals surface area contributed by atoms with Gasteiger partial charge in [-0.2, -0.15) is 0 Å². The number of aliphatic hydroxyl groups excluding tert-OH is 2. The van der Waals surface area contributed by atoms with Gasteiger partial charge in [0.15, 0.2) is 0 Å². The monoisotopic (exact) mass is 235 g/mol. The molecule has 1 unspecified atom stereocenters. The fourth-order valence-corrected chi connectivity index (χ4v) is 2.24. The number of likely N-dealkylation sites (tertiary alicyclic amines) is 1. The van der Waals surface area contributed by atoms with E-state index in [1.54, 1.807) is 0 Å². The van der Waals surface area contributed by atoms with Crippen molar-refractivity contribution in [1.82, 2.24) is 4.90 Å². The van der Waals surface area contributed by atoms with Gasteiger partial charge in [-0.15, -0.1) is 0 Å². The van der Waals surface area contributed by atoms with Crippen LogP contribution in [0, 0.1) is 6.92 Å². The van der Waals surface area contributed by atoms with Gasteiger partial charge >= 0.3 is 0 Å². The second-order valence-electron chi connectivity index (χ2n) is 4.96. The SMILES string of the molecule is Cc1ccc(C(O)CN2CCC(O)CC2)cc1. The Labute approximate surface area is 103 Å². The molecule has 1 aromatic carbocycles. The van der Waals surface area contributed by atoms with E-state index in [2.05, 4.69) is 4.90 Å². The lowest BCUT2D eigenvalue weighted by atomic mass is 10.0. The van der Waals surface area contributed by atoms with Gasteiger partial charge in [0.2, 0.25) is 0 Å². The van der Waals surface area contributed by atoms with Crippen molar-refractivity contribution in [2.75, 3.05) is 19.6 Å². The Morgan fingerprint density at radius 2 is 1.82 bits per heavy atom. The summed E-state index contributed by atoms with van der Waals surface area (Å²) in [4.78, 5) is 2.22. The molecule has 0 saturated carbocycles. The van der Waals surface area contributed by atoms with Gasteiger partial charge in [0.1, 0.15) is 0 Å². The molecule has 0 spiro atoms. The second kappa shape index (κ2) is 5.63. The van der Waals surface area contributed by atoms with Gasteiger partial charge in [-0.25, -0.2) is 0 Å².